The predicted molar refractivity (Wildman–Crippen MR) is 120 cm³/mol. The second-order valence-corrected chi connectivity index (χ2v) is 7.81. The number of pyridine rings is 1. The van der Waals surface area contributed by atoms with E-state index in [1.807, 2.05) is 54.5 Å². The Kier molecular flexibility index (Phi) is 5.98. The molecule has 0 aliphatic carbocycles. The van der Waals surface area contributed by atoms with Gasteiger partial charge in [-0.15, -0.1) is 0 Å². The number of benzene rings is 2. The zero-order valence-corrected chi connectivity index (χ0v) is 17.7. The van der Waals surface area contributed by atoms with Gasteiger partial charge < -0.3 is 0 Å². The highest BCUT2D eigenvalue weighted by molar-refractivity contribution is 6.42. The molecule has 0 saturated carbocycles. The van der Waals surface area contributed by atoms with Crippen LogP contribution in [0.15, 0.2) is 73.1 Å². The molecule has 2 aromatic heterocycles. The summed E-state index contributed by atoms with van der Waals surface area (Å²) in [5, 5.41) is 5.92. The minimum Gasteiger partial charge on any atom is -0.271 e. The molecule has 29 heavy (non-hydrogen) atoms. The fraction of sp³-hybridized carbons (Fsp3) is 0.167. The average molecular weight is 422 g/mol. The monoisotopic (exact) mass is 421 g/mol. The van der Waals surface area contributed by atoms with Gasteiger partial charge in [-0.2, -0.15) is 5.10 Å². The molecule has 2 aromatic carbocycles. The van der Waals surface area contributed by atoms with Crippen molar-refractivity contribution in [1.82, 2.24) is 14.8 Å². The highest BCUT2D eigenvalue weighted by atomic mass is 35.5. The molecule has 0 fully saturated rings. The van der Waals surface area contributed by atoms with Gasteiger partial charge in [0.25, 0.3) is 0 Å². The minimum absolute atomic E-state index is 0.529. The van der Waals surface area contributed by atoms with Crippen molar-refractivity contribution >= 4 is 23.2 Å². The lowest BCUT2D eigenvalue weighted by molar-refractivity contribution is 0.684. The quantitative estimate of drug-likeness (QED) is 0.349. The first-order valence-corrected chi connectivity index (χ1v) is 10.3. The zero-order chi connectivity index (χ0) is 20.2. The summed E-state index contributed by atoms with van der Waals surface area (Å²) in [5.41, 5.74) is 6.64. The standard InChI is InChI=1S/C24H21Cl2N3/c1-29-22(9-5-8-17-6-3-2-4-7-17)23(18-12-14-27-15-13-18)24(28-29)19-10-11-20(25)21(26)16-19/h2-4,6-7,10-16H,5,8-9H2,1H3. The van der Waals surface area contributed by atoms with Crippen LogP contribution in [0.25, 0.3) is 22.4 Å². The predicted octanol–water partition coefficient (Wildman–Crippen LogP) is 6.63. The van der Waals surface area contributed by atoms with Crippen LogP contribution in [-0.4, -0.2) is 14.8 Å². The molecule has 5 heteroatoms. The number of halogens is 2. The van der Waals surface area contributed by atoms with E-state index in [1.54, 1.807) is 0 Å². The van der Waals surface area contributed by atoms with E-state index >= 15 is 0 Å². The van der Waals surface area contributed by atoms with Gasteiger partial charge in [0.2, 0.25) is 0 Å². The van der Waals surface area contributed by atoms with E-state index < -0.39 is 0 Å². The molecule has 0 amide bonds. The van der Waals surface area contributed by atoms with Gasteiger partial charge in [0.15, 0.2) is 0 Å². The summed E-state index contributed by atoms with van der Waals surface area (Å²) in [6, 6.07) is 20.3. The van der Waals surface area contributed by atoms with Crippen LogP contribution in [0.2, 0.25) is 10.0 Å². The Hall–Kier alpha value is -2.62. The van der Waals surface area contributed by atoms with E-state index in [0.717, 1.165) is 41.6 Å². The molecule has 0 saturated heterocycles. The van der Waals surface area contributed by atoms with E-state index in [-0.39, 0.29) is 0 Å². The smallest absolute Gasteiger partial charge is 0.100 e. The number of hydrogen-bond acceptors (Lipinski definition) is 2. The van der Waals surface area contributed by atoms with Gasteiger partial charge in [0.05, 0.1) is 10.0 Å². The lowest BCUT2D eigenvalue weighted by Gasteiger charge is -2.09. The van der Waals surface area contributed by atoms with Gasteiger partial charge in [0.1, 0.15) is 5.69 Å². The molecule has 0 atom stereocenters. The van der Waals surface area contributed by atoms with Crippen LogP contribution in [0, 0.1) is 0 Å². The largest absolute Gasteiger partial charge is 0.271 e. The molecule has 0 spiro atoms. The van der Waals surface area contributed by atoms with Gasteiger partial charge in [-0.1, -0.05) is 59.6 Å². The highest BCUT2D eigenvalue weighted by Gasteiger charge is 2.19. The number of rotatable bonds is 6. The van der Waals surface area contributed by atoms with Crippen LogP contribution in [0.5, 0.6) is 0 Å². The summed E-state index contributed by atoms with van der Waals surface area (Å²) in [6.07, 6.45) is 6.63. The Morgan fingerprint density at radius 3 is 2.31 bits per heavy atom. The van der Waals surface area contributed by atoms with Crippen LogP contribution >= 0.6 is 23.2 Å². The van der Waals surface area contributed by atoms with Crippen LogP contribution in [0.1, 0.15) is 17.7 Å². The van der Waals surface area contributed by atoms with Crippen molar-refractivity contribution in [3.05, 3.63) is 94.4 Å². The molecule has 0 bridgehead atoms. The summed E-state index contributed by atoms with van der Waals surface area (Å²) in [5.74, 6) is 0. The molecule has 3 nitrogen and oxygen atoms in total. The van der Waals surface area contributed by atoms with Gasteiger partial charge in [-0.3, -0.25) is 9.67 Å². The summed E-state index contributed by atoms with van der Waals surface area (Å²) >= 11 is 12.4. The third kappa shape index (κ3) is 4.36. The summed E-state index contributed by atoms with van der Waals surface area (Å²) in [7, 11) is 2.00. The van der Waals surface area contributed by atoms with E-state index in [0.29, 0.717) is 10.0 Å². The number of hydrogen-bond donors (Lipinski definition) is 0. The maximum atomic E-state index is 6.28. The second-order valence-electron chi connectivity index (χ2n) is 7.00. The summed E-state index contributed by atoms with van der Waals surface area (Å²) in [6.45, 7) is 0. The molecule has 0 radical (unpaired) electrons. The first-order chi connectivity index (χ1) is 14.1. The Bertz CT molecular complexity index is 1110. The summed E-state index contributed by atoms with van der Waals surface area (Å²) < 4.78 is 1.98. The minimum atomic E-state index is 0.529. The van der Waals surface area contributed by atoms with Crippen molar-refractivity contribution in [2.45, 2.75) is 19.3 Å². The SMILES string of the molecule is Cn1nc(-c2ccc(Cl)c(Cl)c2)c(-c2ccncc2)c1CCCc1ccccc1. The second kappa shape index (κ2) is 8.81. The third-order valence-corrected chi connectivity index (χ3v) is 5.79. The molecule has 0 aliphatic rings. The molecular weight excluding hydrogens is 401 g/mol. The first-order valence-electron chi connectivity index (χ1n) is 9.59. The highest BCUT2D eigenvalue weighted by Crippen LogP contribution is 2.37. The normalized spacial score (nSPS) is 11.0. The molecule has 4 rings (SSSR count). The van der Waals surface area contributed by atoms with E-state index in [4.69, 9.17) is 28.3 Å². The molecule has 2 heterocycles. The molecule has 0 unspecified atom stereocenters. The fourth-order valence-corrected chi connectivity index (χ4v) is 3.92. The lowest BCUT2D eigenvalue weighted by atomic mass is 9.97. The van der Waals surface area contributed by atoms with Crippen LogP contribution < -0.4 is 0 Å². The Balaban J connectivity index is 1.72. The van der Waals surface area contributed by atoms with Crippen molar-refractivity contribution in [3.8, 4) is 22.4 Å². The summed E-state index contributed by atoms with van der Waals surface area (Å²) in [4.78, 5) is 4.17. The Labute approximate surface area is 180 Å². The molecule has 146 valence electrons. The molecule has 0 N–H and O–H groups in total. The van der Waals surface area contributed by atoms with Gasteiger partial charge >= 0.3 is 0 Å². The fourth-order valence-electron chi connectivity index (χ4n) is 3.62. The van der Waals surface area contributed by atoms with Crippen LogP contribution in [-0.2, 0) is 19.9 Å². The van der Waals surface area contributed by atoms with Crippen molar-refractivity contribution in [1.29, 1.82) is 0 Å². The van der Waals surface area contributed by atoms with Crippen molar-refractivity contribution in [2.75, 3.05) is 0 Å². The van der Waals surface area contributed by atoms with Crippen molar-refractivity contribution < 1.29 is 0 Å². The van der Waals surface area contributed by atoms with E-state index in [2.05, 4.69) is 35.3 Å². The Morgan fingerprint density at radius 1 is 0.828 bits per heavy atom. The van der Waals surface area contributed by atoms with E-state index in [9.17, 15) is 0 Å². The topological polar surface area (TPSA) is 30.7 Å². The maximum absolute atomic E-state index is 6.28. The van der Waals surface area contributed by atoms with Crippen molar-refractivity contribution in [2.24, 2.45) is 7.05 Å². The number of aromatic nitrogens is 3. The Morgan fingerprint density at radius 2 is 1.59 bits per heavy atom. The lowest BCUT2D eigenvalue weighted by Crippen LogP contribution is -2.00. The van der Waals surface area contributed by atoms with Crippen molar-refractivity contribution in [3.63, 3.8) is 0 Å². The van der Waals surface area contributed by atoms with Gasteiger partial charge in [0, 0.05) is 36.3 Å². The van der Waals surface area contributed by atoms with E-state index in [1.165, 1.54) is 11.3 Å². The van der Waals surface area contributed by atoms with Gasteiger partial charge in [-0.25, -0.2) is 0 Å². The third-order valence-electron chi connectivity index (χ3n) is 5.05. The zero-order valence-electron chi connectivity index (χ0n) is 16.1. The van der Waals surface area contributed by atoms with Gasteiger partial charge in [-0.05, 0) is 54.7 Å². The first kappa shape index (κ1) is 19.7. The number of aryl methyl sites for hydroxylation is 2. The number of nitrogens with zero attached hydrogens (tertiary/aromatic N) is 3. The average Bonchev–Trinajstić information content (AvgIpc) is 3.08. The molecular formula is C24H21Cl2N3. The molecule has 4 aromatic rings. The maximum Gasteiger partial charge on any atom is 0.100 e. The molecule has 0 aliphatic heterocycles. The van der Waals surface area contributed by atoms with Crippen LogP contribution in [0.4, 0.5) is 0 Å². The van der Waals surface area contributed by atoms with Crippen LogP contribution in [0.3, 0.4) is 0 Å².